The average molecular weight is 359 g/mol. The first-order chi connectivity index (χ1) is 12.5. The van der Waals surface area contributed by atoms with E-state index >= 15 is 0 Å². The summed E-state index contributed by atoms with van der Waals surface area (Å²) >= 11 is 0. The standard InChI is InChI=1S/C20H29N3O3/c1-15-4-3-5-18(16(15)2)21-19(24)14-22-8-6-17(7-9-22)20(25)23-10-12-26-13-11-23/h3-5,17H,6-14H2,1-2H3,(H,21,24). The number of carbonyl (C=O) groups excluding carboxylic acids is 2. The molecule has 3 rings (SSSR count). The molecule has 0 spiro atoms. The van der Waals surface area contributed by atoms with Crippen molar-refractivity contribution in [2.24, 2.45) is 5.92 Å². The summed E-state index contributed by atoms with van der Waals surface area (Å²) in [4.78, 5) is 29.0. The Morgan fingerprint density at radius 3 is 2.50 bits per heavy atom. The molecule has 2 heterocycles. The second-order valence-electron chi connectivity index (χ2n) is 7.28. The van der Waals surface area contributed by atoms with Gasteiger partial charge < -0.3 is 15.0 Å². The van der Waals surface area contributed by atoms with Crippen LogP contribution in [0.25, 0.3) is 0 Å². The molecule has 2 fully saturated rings. The Bertz CT molecular complexity index is 648. The van der Waals surface area contributed by atoms with Gasteiger partial charge in [0.25, 0.3) is 0 Å². The van der Waals surface area contributed by atoms with E-state index in [1.165, 1.54) is 5.56 Å². The summed E-state index contributed by atoms with van der Waals surface area (Å²) in [6.45, 7) is 8.73. The highest BCUT2D eigenvalue weighted by molar-refractivity contribution is 5.93. The number of rotatable bonds is 4. The van der Waals surface area contributed by atoms with Gasteiger partial charge in [0.1, 0.15) is 0 Å². The summed E-state index contributed by atoms with van der Waals surface area (Å²) in [5.41, 5.74) is 3.16. The van der Waals surface area contributed by atoms with Crippen molar-refractivity contribution in [3.63, 3.8) is 0 Å². The topological polar surface area (TPSA) is 61.9 Å². The number of nitrogens with one attached hydrogen (secondary N) is 1. The Kier molecular flexibility index (Phi) is 6.27. The largest absolute Gasteiger partial charge is 0.378 e. The molecule has 2 aliphatic rings. The van der Waals surface area contributed by atoms with Crippen LogP contribution in [0.4, 0.5) is 5.69 Å². The Morgan fingerprint density at radius 1 is 1.12 bits per heavy atom. The van der Waals surface area contributed by atoms with Gasteiger partial charge in [-0.05, 0) is 57.0 Å². The maximum Gasteiger partial charge on any atom is 0.238 e. The minimum Gasteiger partial charge on any atom is -0.378 e. The first-order valence-electron chi connectivity index (χ1n) is 9.49. The molecule has 142 valence electrons. The summed E-state index contributed by atoms with van der Waals surface area (Å²) < 4.78 is 5.32. The molecule has 1 N–H and O–H groups in total. The van der Waals surface area contributed by atoms with E-state index in [4.69, 9.17) is 4.74 Å². The smallest absolute Gasteiger partial charge is 0.238 e. The Labute approximate surface area is 155 Å². The summed E-state index contributed by atoms with van der Waals surface area (Å²) in [7, 11) is 0. The van der Waals surface area contributed by atoms with Crippen molar-refractivity contribution in [3.05, 3.63) is 29.3 Å². The number of anilines is 1. The lowest BCUT2D eigenvalue weighted by molar-refractivity contribution is -0.141. The maximum atomic E-state index is 12.6. The van der Waals surface area contributed by atoms with Gasteiger partial charge >= 0.3 is 0 Å². The molecule has 0 aliphatic carbocycles. The highest BCUT2D eigenvalue weighted by Gasteiger charge is 2.29. The molecular formula is C20H29N3O3. The van der Waals surface area contributed by atoms with Gasteiger partial charge in [-0.15, -0.1) is 0 Å². The predicted molar refractivity (Wildman–Crippen MR) is 101 cm³/mol. The van der Waals surface area contributed by atoms with Crippen LogP contribution in [0.3, 0.4) is 0 Å². The molecule has 0 radical (unpaired) electrons. The molecule has 0 atom stereocenters. The molecular weight excluding hydrogens is 330 g/mol. The molecule has 2 aliphatic heterocycles. The molecule has 1 aromatic carbocycles. The number of hydrogen-bond acceptors (Lipinski definition) is 4. The van der Waals surface area contributed by atoms with E-state index < -0.39 is 0 Å². The molecule has 6 nitrogen and oxygen atoms in total. The number of morpholine rings is 1. The summed E-state index contributed by atoms with van der Waals surface area (Å²) in [6, 6.07) is 5.94. The van der Waals surface area contributed by atoms with Crippen LogP contribution in [0.15, 0.2) is 18.2 Å². The zero-order chi connectivity index (χ0) is 18.5. The number of piperidine rings is 1. The fraction of sp³-hybridized carbons (Fsp3) is 0.600. The van der Waals surface area contributed by atoms with E-state index in [0.29, 0.717) is 32.8 Å². The van der Waals surface area contributed by atoms with Crippen LogP contribution >= 0.6 is 0 Å². The van der Waals surface area contributed by atoms with Crippen molar-refractivity contribution < 1.29 is 14.3 Å². The molecule has 0 unspecified atom stereocenters. The lowest BCUT2D eigenvalue weighted by atomic mass is 9.95. The van der Waals surface area contributed by atoms with Crippen molar-refractivity contribution in [2.75, 3.05) is 51.3 Å². The molecule has 6 heteroatoms. The van der Waals surface area contributed by atoms with Crippen molar-refractivity contribution >= 4 is 17.5 Å². The van der Waals surface area contributed by atoms with Crippen LogP contribution in [0.2, 0.25) is 0 Å². The van der Waals surface area contributed by atoms with Gasteiger partial charge in [0.2, 0.25) is 11.8 Å². The summed E-state index contributed by atoms with van der Waals surface area (Å²) in [5.74, 6) is 0.357. The van der Waals surface area contributed by atoms with Crippen LogP contribution in [0, 0.1) is 19.8 Å². The Hall–Kier alpha value is -1.92. The van der Waals surface area contributed by atoms with Crippen LogP contribution < -0.4 is 5.32 Å². The molecule has 0 saturated carbocycles. The zero-order valence-electron chi connectivity index (χ0n) is 15.8. The van der Waals surface area contributed by atoms with Crippen LogP contribution in [0.1, 0.15) is 24.0 Å². The summed E-state index contributed by atoms with van der Waals surface area (Å²) in [5, 5.41) is 3.01. The first-order valence-corrected chi connectivity index (χ1v) is 9.49. The molecule has 1 aromatic rings. The van der Waals surface area contributed by atoms with Gasteiger partial charge in [-0.2, -0.15) is 0 Å². The van der Waals surface area contributed by atoms with Gasteiger partial charge in [-0.3, -0.25) is 14.5 Å². The third kappa shape index (κ3) is 4.62. The van der Waals surface area contributed by atoms with Gasteiger partial charge in [-0.1, -0.05) is 12.1 Å². The lowest BCUT2D eigenvalue weighted by Crippen LogP contribution is -2.47. The van der Waals surface area contributed by atoms with E-state index in [1.807, 2.05) is 36.9 Å². The van der Waals surface area contributed by atoms with Gasteiger partial charge in [0, 0.05) is 24.7 Å². The van der Waals surface area contributed by atoms with E-state index in [-0.39, 0.29) is 17.7 Å². The Balaban J connectivity index is 1.45. The SMILES string of the molecule is Cc1cccc(NC(=O)CN2CCC(C(=O)N3CCOCC3)CC2)c1C. The average Bonchev–Trinajstić information content (AvgIpc) is 2.66. The quantitative estimate of drug-likeness (QED) is 0.891. The number of nitrogens with zero attached hydrogens (tertiary/aromatic N) is 2. The molecule has 26 heavy (non-hydrogen) atoms. The molecule has 0 aromatic heterocycles. The fourth-order valence-electron chi connectivity index (χ4n) is 3.66. The van der Waals surface area contributed by atoms with Crippen LogP contribution in [-0.2, 0) is 14.3 Å². The molecule has 0 bridgehead atoms. The number of amides is 2. The normalized spacial score (nSPS) is 19.4. The Morgan fingerprint density at radius 2 is 1.81 bits per heavy atom. The molecule has 2 saturated heterocycles. The number of likely N-dealkylation sites (tertiary alicyclic amines) is 1. The van der Waals surface area contributed by atoms with Crippen LogP contribution in [0.5, 0.6) is 0 Å². The third-order valence-corrected chi connectivity index (χ3v) is 5.51. The summed E-state index contributed by atoms with van der Waals surface area (Å²) in [6.07, 6.45) is 1.65. The van der Waals surface area contributed by atoms with Crippen molar-refractivity contribution in [1.29, 1.82) is 0 Å². The highest BCUT2D eigenvalue weighted by Crippen LogP contribution is 2.21. The number of aryl methyl sites for hydroxylation is 1. The van der Waals surface area contributed by atoms with E-state index in [1.54, 1.807) is 0 Å². The van der Waals surface area contributed by atoms with Gasteiger partial charge in [-0.25, -0.2) is 0 Å². The number of hydrogen-bond donors (Lipinski definition) is 1. The monoisotopic (exact) mass is 359 g/mol. The highest BCUT2D eigenvalue weighted by atomic mass is 16.5. The predicted octanol–water partition coefficient (Wildman–Crippen LogP) is 1.81. The number of ether oxygens (including phenoxy) is 1. The third-order valence-electron chi connectivity index (χ3n) is 5.51. The van der Waals surface area contributed by atoms with Crippen molar-refractivity contribution in [2.45, 2.75) is 26.7 Å². The van der Waals surface area contributed by atoms with Crippen LogP contribution in [-0.4, -0.2) is 67.6 Å². The van der Waals surface area contributed by atoms with E-state index in [0.717, 1.165) is 37.2 Å². The minimum absolute atomic E-state index is 0.0108. The van der Waals surface area contributed by atoms with E-state index in [9.17, 15) is 9.59 Å². The number of benzene rings is 1. The first kappa shape index (κ1) is 18.9. The fourth-order valence-corrected chi connectivity index (χ4v) is 3.66. The van der Waals surface area contributed by atoms with Crippen molar-refractivity contribution in [1.82, 2.24) is 9.80 Å². The van der Waals surface area contributed by atoms with Gasteiger partial charge in [0.15, 0.2) is 0 Å². The van der Waals surface area contributed by atoms with Crippen molar-refractivity contribution in [3.8, 4) is 0 Å². The maximum absolute atomic E-state index is 12.6. The van der Waals surface area contributed by atoms with Gasteiger partial charge in [0.05, 0.1) is 19.8 Å². The second kappa shape index (κ2) is 8.64. The van der Waals surface area contributed by atoms with E-state index in [2.05, 4.69) is 10.2 Å². The number of carbonyl (C=O) groups is 2. The molecule has 2 amide bonds. The second-order valence-corrected chi connectivity index (χ2v) is 7.28. The lowest BCUT2D eigenvalue weighted by Gasteiger charge is -2.35. The minimum atomic E-state index is 0.0108. The zero-order valence-corrected chi connectivity index (χ0v) is 15.8.